The van der Waals surface area contributed by atoms with Gasteiger partial charge in [0.2, 0.25) is 0 Å². The van der Waals surface area contributed by atoms with Gasteiger partial charge in [-0.3, -0.25) is 27.7 Å². The van der Waals surface area contributed by atoms with E-state index in [1.54, 1.807) is 0 Å². The Bertz CT molecular complexity index is 1540. The number of esters is 2. The Hall–Kier alpha value is -1.37. The Balaban J connectivity index is 2.69. The molecule has 406 valence electrons. The minimum Gasteiger partial charge on any atom is -0.462 e. The fourth-order valence-corrected chi connectivity index (χ4v) is 10.0. The number of unbranched alkanes of at least 4 members (excludes halogenated alkanes) is 24. The SMILES string of the molecule is CCCCCC=CCC=CCCCCCCCCCC(=O)O[C@H](COC(=O)CCCCCCCCCCCCCCCCC)COP(=O)(O)O[C@H]1C(O)C(O)C(OP(=O)(O)O)[C@@H](OP(=O)(O)O)C1O. The van der Waals surface area contributed by atoms with Crippen molar-refractivity contribution in [1.29, 1.82) is 0 Å². The van der Waals surface area contributed by atoms with Crippen LogP contribution in [0.25, 0.3) is 0 Å². The van der Waals surface area contributed by atoms with Crippen LogP contribution in [0.1, 0.15) is 206 Å². The molecule has 0 aromatic rings. The zero-order chi connectivity index (χ0) is 51.4. The van der Waals surface area contributed by atoms with Gasteiger partial charge in [0.25, 0.3) is 0 Å². The number of rotatable bonds is 44. The molecule has 0 bridgehead atoms. The summed E-state index contributed by atoms with van der Waals surface area (Å²) >= 11 is 0. The zero-order valence-electron chi connectivity index (χ0n) is 41.4. The maximum Gasteiger partial charge on any atom is 0.472 e. The van der Waals surface area contributed by atoms with Crippen molar-refractivity contribution in [3.05, 3.63) is 24.3 Å². The van der Waals surface area contributed by atoms with Crippen LogP contribution >= 0.6 is 23.5 Å². The topological polar surface area (TPSA) is 303 Å². The predicted octanol–water partition coefficient (Wildman–Crippen LogP) is 9.85. The molecule has 1 aliphatic carbocycles. The molecule has 22 heteroatoms. The van der Waals surface area contributed by atoms with Crippen LogP contribution in [-0.2, 0) is 50.9 Å². The molecular formula is C47H89O19P3. The first-order chi connectivity index (χ1) is 32.8. The molecule has 0 saturated heterocycles. The van der Waals surface area contributed by atoms with Gasteiger partial charge in [-0.05, 0) is 44.9 Å². The highest BCUT2D eigenvalue weighted by molar-refractivity contribution is 7.47. The van der Waals surface area contributed by atoms with E-state index in [0.29, 0.717) is 12.8 Å². The molecule has 8 N–H and O–H groups in total. The minimum absolute atomic E-state index is 0.00808. The maximum absolute atomic E-state index is 13.1. The van der Waals surface area contributed by atoms with Gasteiger partial charge >= 0.3 is 35.4 Å². The van der Waals surface area contributed by atoms with Gasteiger partial charge in [0.15, 0.2) is 6.10 Å². The summed E-state index contributed by atoms with van der Waals surface area (Å²) in [5, 5.41) is 31.9. The fourth-order valence-electron chi connectivity index (χ4n) is 7.91. The van der Waals surface area contributed by atoms with Gasteiger partial charge in [-0.25, -0.2) is 13.7 Å². The van der Waals surface area contributed by atoms with E-state index < -0.39 is 91.3 Å². The molecule has 19 nitrogen and oxygen atoms in total. The third-order valence-corrected chi connectivity index (χ3v) is 13.8. The summed E-state index contributed by atoms with van der Waals surface area (Å²) in [6.45, 7) is 2.94. The van der Waals surface area contributed by atoms with E-state index in [9.17, 15) is 63.1 Å². The number of aliphatic hydroxyl groups excluding tert-OH is 3. The smallest absolute Gasteiger partial charge is 0.462 e. The lowest BCUT2D eigenvalue weighted by atomic mass is 9.85. The van der Waals surface area contributed by atoms with E-state index in [-0.39, 0.29) is 12.8 Å². The number of phosphoric acid groups is 3. The molecule has 1 rings (SSSR count). The van der Waals surface area contributed by atoms with Gasteiger partial charge in [0.05, 0.1) is 6.61 Å². The van der Waals surface area contributed by atoms with Gasteiger partial charge < -0.3 is 49.3 Å². The average molecular weight is 1050 g/mol. The molecule has 0 aromatic carbocycles. The van der Waals surface area contributed by atoms with E-state index in [1.165, 1.54) is 83.5 Å². The summed E-state index contributed by atoms with van der Waals surface area (Å²) < 4.78 is 65.6. The standard InChI is InChI=1S/C47H89O19P3/c1-3-5-7-9-11-13-15-17-19-20-22-24-26-28-30-32-34-36-41(49)63-39(37-61-40(48)35-33-31-29-27-25-23-21-18-16-14-12-10-8-6-4-2)38-62-69(59,60)66-45-42(50)43(51)46(64-67(53,54)55)47(44(45)52)65-68(56,57)58/h11,13,17,19,39,42-47,50-52H,3-10,12,14-16,18,20-38H2,1-2H3,(H,59,60)(H2,53,54,55)(H2,56,57,58)/t39-,42?,43?,44?,45+,46?,47+/m1/s1. The van der Waals surface area contributed by atoms with Crippen LogP contribution in [0.3, 0.4) is 0 Å². The number of carbonyl (C=O) groups excluding carboxylic acids is 2. The molecule has 0 radical (unpaired) electrons. The lowest BCUT2D eigenvalue weighted by Crippen LogP contribution is -2.65. The summed E-state index contributed by atoms with van der Waals surface area (Å²) in [4.78, 5) is 73.3. The van der Waals surface area contributed by atoms with Crippen molar-refractivity contribution >= 4 is 35.4 Å². The van der Waals surface area contributed by atoms with Crippen LogP contribution in [0.4, 0.5) is 0 Å². The predicted molar refractivity (Wildman–Crippen MR) is 261 cm³/mol. The molecule has 0 amide bonds. The molecule has 0 heterocycles. The van der Waals surface area contributed by atoms with Crippen molar-refractivity contribution in [2.24, 2.45) is 0 Å². The largest absolute Gasteiger partial charge is 0.472 e. The normalized spacial score (nSPS) is 21.5. The van der Waals surface area contributed by atoms with Gasteiger partial charge in [-0.15, -0.1) is 0 Å². The molecule has 69 heavy (non-hydrogen) atoms. The van der Waals surface area contributed by atoms with Crippen molar-refractivity contribution in [1.82, 2.24) is 0 Å². The van der Waals surface area contributed by atoms with E-state index in [4.69, 9.17) is 18.5 Å². The van der Waals surface area contributed by atoms with Gasteiger partial charge in [-0.1, -0.05) is 173 Å². The van der Waals surface area contributed by atoms with Crippen molar-refractivity contribution in [2.45, 2.75) is 249 Å². The molecule has 8 atom stereocenters. The first-order valence-electron chi connectivity index (χ1n) is 25.6. The first kappa shape index (κ1) is 65.6. The zero-order valence-corrected chi connectivity index (χ0v) is 44.1. The Morgan fingerprint density at radius 3 is 1.30 bits per heavy atom. The third-order valence-electron chi connectivity index (χ3n) is 11.8. The fraction of sp³-hybridized carbons (Fsp3) is 0.872. The number of ether oxygens (including phenoxy) is 2. The van der Waals surface area contributed by atoms with E-state index in [1.807, 2.05) is 0 Å². The van der Waals surface area contributed by atoms with E-state index in [2.05, 4.69) is 47.2 Å². The highest BCUT2D eigenvalue weighted by atomic mass is 31.2. The van der Waals surface area contributed by atoms with Crippen LogP contribution in [0.2, 0.25) is 0 Å². The Labute approximate surface area is 411 Å². The van der Waals surface area contributed by atoms with Crippen LogP contribution in [0.15, 0.2) is 24.3 Å². The van der Waals surface area contributed by atoms with Crippen LogP contribution in [0, 0.1) is 0 Å². The molecule has 0 aliphatic heterocycles. The summed E-state index contributed by atoms with van der Waals surface area (Å²) in [6, 6.07) is 0. The highest BCUT2D eigenvalue weighted by Crippen LogP contribution is 2.51. The first-order valence-corrected chi connectivity index (χ1v) is 30.2. The monoisotopic (exact) mass is 1050 g/mol. The van der Waals surface area contributed by atoms with Crippen molar-refractivity contribution < 1.29 is 90.6 Å². The van der Waals surface area contributed by atoms with Crippen LogP contribution in [0.5, 0.6) is 0 Å². The van der Waals surface area contributed by atoms with Gasteiger partial charge in [-0.2, -0.15) is 0 Å². The number of aliphatic hydroxyl groups is 3. The molecular weight excluding hydrogens is 961 g/mol. The Morgan fingerprint density at radius 1 is 0.464 bits per heavy atom. The second-order valence-electron chi connectivity index (χ2n) is 18.1. The van der Waals surface area contributed by atoms with Gasteiger partial charge in [0, 0.05) is 12.8 Å². The number of hydrogen-bond donors (Lipinski definition) is 8. The maximum atomic E-state index is 13.1. The molecule has 5 unspecified atom stereocenters. The van der Waals surface area contributed by atoms with Crippen LogP contribution < -0.4 is 0 Å². The van der Waals surface area contributed by atoms with Crippen molar-refractivity contribution in [3.63, 3.8) is 0 Å². The second kappa shape index (κ2) is 39.1. The lowest BCUT2D eigenvalue weighted by Gasteiger charge is -2.44. The third kappa shape index (κ3) is 35.4. The quantitative estimate of drug-likeness (QED) is 0.0122. The van der Waals surface area contributed by atoms with E-state index in [0.717, 1.165) is 83.5 Å². The molecule has 0 aromatic heterocycles. The molecule has 1 saturated carbocycles. The number of carbonyl (C=O) groups is 2. The average Bonchev–Trinajstić information content (AvgIpc) is 3.28. The lowest BCUT2D eigenvalue weighted by molar-refractivity contribution is -0.213. The van der Waals surface area contributed by atoms with Crippen LogP contribution in [-0.4, -0.2) is 108 Å². The molecule has 1 fully saturated rings. The molecule has 1 aliphatic rings. The highest BCUT2D eigenvalue weighted by Gasteiger charge is 2.56. The Kier molecular flexibility index (Phi) is 37.2. The number of phosphoric ester groups is 3. The van der Waals surface area contributed by atoms with Crippen molar-refractivity contribution in [2.75, 3.05) is 13.2 Å². The summed E-state index contributed by atoms with van der Waals surface area (Å²) in [5.74, 6) is -1.30. The summed E-state index contributed by atoms with van der Waals surface area (Å²) in [5.41, 5.74) is 0. The molecule has 0 spiro atoms. The van der Waals surface area contributed by atoms with Gasteiger partial charge in [0.1, 0.15) is 43.2 Å². The number of hydrogen-bond acceptors (Lipinski definition) is 14. The summed E-state index contributed by atoms with van der Waals surface area (Å²) in [6.07, 6.45) is 23.2. The Morgan fingerprint density at radius 2 is 0.841 bits per heavy atom. The summed E-state index contributed by atoms with van der Waals surface area (Å²) in [7, 11) is -16.6. The minimum atomic E-state index is -5.60. The van der Waals surface area contributed by atoms with E-state index >= 15 is 0 Å². The van der Waals surface area contributed by atoms with Crippen molar-refractivity contribution in [3.8, 4) is 0 Å². The second-order valence-corrected chi connectivity index (χ2v) is 21.9. The number of allylic oxidation sites excluding steroid dienone is 4.